The van der Waals surface area contributed by atoms with Gasteiger partial charge in [-0.3, -0.25) is 14.5 Å². The van der Waals surface area contributed by atoms with Crippen molar-refractivity contribution in [2.45, 2.75) is 13.0 Å². The molecular weight excluding hydrogens is 380 g/mol. The first kappa shape index (κ1) is 20.0. The molecule has 0 bridgehead atoms. The molecule has 0 radical (unpaired) electrons. The maximum absolute atomic E-state index is 12.7. The van der Waals surface area contributed by atoms with E-state index in [2.05, 4.69) is 5.32 Å². The van der Waals surface area contributed by atoms with E-state index in [1.165, 1.54) is 37.3 Å². The van der Waals surface area contributed by atoms with Gasteiger partial charge in [-0.1, -0.05) is 0 Å². The number of hydrogen-bond acceptors (Lipinski definition) is 6. The fourth-order valence-electron chi connectivity index (χ4n) is 2.95. The summed E-state index contributed by atoms with van der Waals surface area (Å²) in [5.74, 6) is -0.820. The van der Waals surface area contributed by atoms with Gasteiger partial charge in [-0.05, 0) is 37.3 Å². The van der Waals surface area contributed by atoms with Gasteiger partial charge in [0.1, 0.15) is 23.8 Å². The number of methoxy groups -OCH3 is 2. The number of ether oxygens (including phenoxy) is 3. The Labute approximate surface area is 166 Å². The second-order valence-corrected chi connectivity index (χ2v) is 6.29. The first-order valence-electron chi connectivity index (χ1n) is 8.71. The van der Waals surface area contributed by atoms with Crippen LogP contribution in [0.15, 0.2) is 36.4 Å². The van der Waals surface area contributed by atoms with Crippen molar-refractivity contribution >= 4 is 29.2 Å². The highest BCUT2D eigenvalue weighted by molar-refractivity contribution is 6.07. The predicted molar refractivity (Wildman–Crippen MR) is 104 cm³/mol. The molecule has 152 valence electrons. The van der Waals surface area contributed by atoms with Crippen LogP contribution in [0.5, 0.6) is 17.2 Å². The topological polar surface area (TPSA) is 114 Å². The molecule has 1 aliphatic rings. The molecule has 2 aromatic carbocycles. The molecule has 29 heavy (non-hydrogen) atoms. The van der Waals surface area contributed by atoms with E-state index in [0.717, 1.165) is 0 Å². The summed E-state index contributed by atoms with van der Waals surface area (Å²) in [4.78, 5) is 37.8. The highest BCUT2D eigenvalue weighted by Crippen LogP contribution is 2.35. The Hall–Kier alpha value is -3.75. The van der Waals surface area contributed by atoms with Crippen LogP contribution < -0.4 is 24.4 Å². The molecule has 9 nitrogen and oxygen atoms in total. The van der Waals surface area contributed by atoms with Crippen LogP contribution in [0.2, 0.25) is 0 Å². The van der Waals surface area contributed by atoms with Gasteiger partial charge in [0.15, 0.2) is 6.10 Å². The van der Waals surface area contributed by atoms with Gasteiger partial charge in [-0.2, -0.15) is 0 Å². The standard InChI is InChI=1S/C20H20N2O7/c1-11-19(24)22(15-8-12(20(25)26)4-6-17(15)29-11)10-18(23)21-14-9-13(27-2)5-7-16(14)28-3/h4-9,11H,10H2,1-3H3,(H,21,23)(H,25,26). The number of aromatic carboxylic acids is 1. The van der Waals surface area contributed by atoms with Gasteiger partial charge in [0, 0.05) is 6.07 Å². The van der Waals surface area contributed by atoms with Crippen molar-refractivity contribution in [3.8, 4) is 17.2 Å². The number of carbonyl (C=O) groups is 3. The van der Waals surface area contributed by atoms with Crippen molar-refractivity contribution in [3.63, 3.8) is 0 Å². The smallest absolute Gasteiger partial charge is 0.335 e. The summed E-state index contributed by atoms with van der Waals surface area (Å²) in [6, 6.07) is 9.08. The number of carboxylic acids is 1. The second-order valence-electron chi connectivity index (χ2n) is 6.29. The first-order valence-corrected chi connectivity index (χ1v) is 8.71. The molecule has 1 unspecified atom stereocenters. The third kappa shape index (κ3) is 4.08. The molecule has 0 saturated carbocycles. The average Bonchev–Trinajstić information content (AvgIpc) is 2.70. The van der Waals surface area contributed by atoms with Gasteiger partial charge < -0.3 is 24.6 Å². The van der Waals surface area contributed by atoms with Gasteiger partial charge in [0.25, 0.3) is 5.91 Å². The van der Waals surface area contributed by atoms with E-state index in [0.29, 0.717) is 22.9 Å². The van der Waals surface area contributed by atoms with E-state index in [1.807, 2.05) is 0 Å². The highest BCUT2D eigenvalue weighted by Gasteiger charge is 2.33. The molecule has 0 aromatic heterocycles. The number of anilines is 2. The van der Waals surface area contributed by atoms with Crippen molar-refractivity contribution < 1.29 is 33.7 Å². The van der Waals surface area contributed by atoms with Crippen molar-refractivity contribution in [2.24, 2.45) is 0 Å². The zero-order valence-corrected chi connectivity index (χ0v) is 16.1. The van der Waals surface area contributed by atoms with E-state index < -0.39 is 23.9 Å². The van der Waals surface area contributed by atoms with Crippen LogP contribution in [0.3, 0.4) is 0 Å². The predicted octanol–water partition coefficient (Wildman–Crippen LogP) is 2.15. The SMILES string of the molecule is COc1ccc(OC)c(NC(=O)CN2C(=O)C(C)Oc3ccc(C(=O)O)cc32)c1. The number of rotatable bonds is 6. The first-order chi connectivity index (χ1) is 13.8. The lowest BCUT2D eigenvalue weighted by atomic mass is 10.1. The lowest BCUT2D eigenvalue weighted by Gasteiger charge is -2.32. The molecule has 2 amide bonds. The summed E-state index contributed by atoms with van der Waals surface area (Å²) in [5.41, 5.74) is 0.584. The molecule has 2 aromatic rings. The normalized spacial score (nSPS) is 15.2. The zero-order valence-electron chi connectivity index (χ0n) is 16.1. The van der Waals surface area contributed by atoms with Crippen LogP contribution in [0.25, 0.3) is 0 Å². The van der Waals surface area contributed by atoms with E-state index in [4.69, 9.17) is 14.2 Å². The number of amides is 2. The molecular formula is C20H20N2O7. The Morgan fingerprint density at radius 2 is 1.93 bits per heavy atom. The minimum Gasteiger partial charge on any atom is -0.497 e. The molecule has 0 aliphatic carbocycles. The summed E-state index contributed by atoms with van der Waals surface area (Å²) in [6.45, 7) is 1.23. The number of carboxylic acid groups (broad SMARTS) is 1. The Balaban J connectivity index is 1.88. The fourth-order valence-corrected chi connectivity index (χ4v) is 2.95. The lowest BCUT2D eigenvalue weighted by molar-refractivity contribution is -0.127. The average molecular weight is 400 g/mol. The van der Waals surface area contributed by atoms with E-state index in [1.54, 1.807) is 25.1 Å². The van der Waals surface area contributed by atoms with Gasteiger partial charge in [-0.25, -0.2) is 4.79 Å². The van der Waals surface area contributed by atoms with Crippen molar-refractivity contribution in [1.82, 2.24) is 0 Å². The summed E-state index contributed by atoms with van der Waals surface area (Å²) in [6.07, 6.45) is -0.808. The van der Waals surface area contributed by atoms with Crippen molar-refractivity contribution in [1.29, 1.82) is 0 Å². The molecule has 0 saturated heterocycles. The Kier molecular flexibility index (Phi) is 5.58. The summed E-state index contributed by atoms with van der Waals surface area (Å²) < 4.78 is 15.9. The summed E-state index contributed by atoms with van der Waals surface area (Å²) in [5, 5.41) is 11.9. The van der Waals surface area contributed by atoms with Gasteiger partial charge in [0.2, 0.25) is 5.91 Å². The highest BCUT2D eigenvalue weighted by atomic mass is 16.5. The zero-order chi connectivity index (χ0) is 21.1. The number of hydrogen-bond donors (Lipinski definition) is 2. The lowest BCUT2D eigenvalue weighted by Crippen LogP contribution is -2.47. The van der Waals surface area contributed by atoms with E-state index >= 15 is 0 Å². The fraction of sp³-hybridized carbons (Fsp3) is 0.250. The monoisotopic (exact) mass is 400 g/mol. The Bertz CT molecular complexity index is 973. The number of nitrogens with zero attached hydrogens (tertiary/aromatic N) is 1. The molecule has 0 spiro atoms. The second kappa shape index (κ2) is 8.09. The molecule has 1 atom stereocenters. The molecule has 2 N–H and O–H groups in total. The molecule has 9 heteroatoms. The Morgan fingerprint density at radius 1 is 1.17 bits per heavy atom. The maximum Gasteiger partial charge on any atom is 0.335 e. The van der Waals surface area contributed by atoms with Crippen LogP contribution in [0.4, 0.5) is 11.4 Å². The number of nitrogens with one attached hydrogen (secondary N) is 1. The van der Waals surface area contributed by atoms with Gasteiger partial charge in [0.05, 0.1) is 31.2 Å². The molecule has 1 aliphatic heterocycles. The van der Waals surface area contributed by atoms with Crippen molar-refractivity contribution in [2.75, 3.05) is 31.0 Å². The third-order valence-electron chi connectivity index (χ3n) is 4.40. The van der Waals surface area contributed by atoms with Crippen LogP contribution in [-0.2, 0) is 9.59 Å². The Morgan fingerprint density at radius 3 is 2.59 bits per heavy atom. The molecule has 0 fully saturated rings. The number of fused-ring (bicyclic) bond motifs is 1. The van der Waals surface area contributed by atoms with Crippen LogP contribution in [0, 0.1) is 0 Å². The molecule has 1 heterocycles. The summed E-state index contributed by atoms with van der Waals surface area (Å²) in [7, 11) is 2.96. The molecule has 3 rings (SSSR count). The number of carbonyl (C=O) groups excluding carboxylic acids is 2. The van der Waals surface area contributed by atoms with Gasteiger partial charge >= 0.3 is 5.97 Å². The van der Waals surface area contributed by atoms with E-state index in [-0.39, 0.29) is 17.8 Å². The quantitative estimate of drug-likeness (QED) is 0.764. The van der Waals surface area contributed by atoms with Crippen LogP contribution >= 0.6 is 0 Å². The van der Waals surface area contributed by atoms with Crippen molar-refractivity contribution in [3.05, 3.63) is 42.0 Å². The third-order valence-corrected chi connectivity index (χ3v) is 4.40. The van der Waals surface area contributed by atoms with Gasteiger partial charge in [-0.15, -0.1) is 0 Å². The van der Waals surface area contributed by atoms with Crippen LogP contribution in [0.1, 0.15) is 17.3 Å². The minimum atomic E-state index is -1.15. The van der Waals surface area contributed by atoms with Crippen LogP contribution in [-0.4, -0.2) is 49.8 Å². The minimum absolute atomic E-state index is 0.0189. The van der Waals surface area contributed by atoms with E-state index in [9.17, 15) is 19.5 Å². The number of benzene rings is 2. The summed E-state index contributed by atoms with van der Waals surface area (Å²) >= 11 is 0. The maximum atomic E-state index is 12.7. The largest absolute Gasteiger partial charge is 0.497 e.